The molecule has 4 unspecified atom stereocenters. The van der Waals surface area contributed by atoms with E-state index in [1.54, 1.807) is 0 Å². The second-order valence-corrected chi connectivity index (χ2v) is 7.30. The Morgan fingerprint density at radius 2 is 1.86 bits per heavy atom. The number of hydrogen-bond acceptors (Lipinski definition) is 2. The first kappa shape index (κ1) is 12.0. The van der Waals surface area contributed by atoms with Gasteiger partial charge in [0, 0.05) is 23.6 Å². The number of hydrogen-bond donors (Lipinski definition) is 1. The zero-order chi connectivity index (χ0) is 14.1. The smallest absolute Gasteiger partial charge is 0.224 e. The summed E-state index contributed by atoms with van der Waals surface area (Å²) in [6.07, 6.45) is 5.38. The summed E-state index contributed by atoms with van der Waals surface area (Å²) in [4.78, 5) is 24.2. The summed E-state index contributed by atoms with van der Waals surface area (Å²) in [5.74, 6) is 3.83. The van der Waals surface area contributed by atoms with Crippen LogP contribution in [0.5, 0.6) is 0 Å². The fraction of sp³-hybridized carbons (Fsp3) is 0.556. The average molecular weight is 281 g/mol. The number of benzene rings is 1. The van der Waals surface area contributed by atoms with Crippen molar-refractivity contribution in [1.82, 2.24) is 0 Å². The van der Waals surface area contributed by atoms with Crippen molar-refractivity contribution in [2.45, 2.75) is 32.1 Å². The average Bonchev–Trinajstić information content (AvgIpc) is 2.93. The van der Waals surface area contributed by atoms with Crippen LogP contribution in [0.4, 0.5) is 5.69 Å². The molecule has 3 fully saturated rings. The first-order valence-electron chi connectivity index (χ1n) is 8.19. The molecule has 0 radical (unpaired) electrons. The summed E-state index contributed by atoms with van der Waals surface area (Å²) in [6, 6.07) is 5.84. The molecule has 3 aliphatic carbocycles. The standard InChI is InChI=1S/C18H19NO2/c20-14-6-4-9-7-12(3-5-13(9)19-14)18(21)17-15-10-1-2-11(8-10)16(15)17/h3,5,7,10-11,15-17H,1-2,4,6,8H2,(H,19,20). The van der Waals surface area contributed by atoms with Crippen LogP contribution in [0.1, 0.15) is 41.6 Å². The summed E-state index contributed by atoms with van der Waals surface area (Å²) in [7, 11) is 0. The van der Waals surface area contributed by atoms with Gasteiger partial charge < -0.3 is 5.32 Å². The highest BCUT2D eigenvalue weighted by Gasteiger charge is 2.67. The minimum Gasteiger partial charge on any atom is -0.326 e. The van der Waals surface area contributed by atoms with E-state index in [9.17, 15) is 9.59 Å². The number of amides is 1. The molecule has 1 aromatic carbocycles. The maximum atomic E-state index is 12.8. The predicted octanol–water partition coefficient (Wildman–Crippen LogP) is 3.05. The number of aryl methyl sites for hydroxylation is 1. The van der Waals surface area contributed by atoms with Gasteiger partial charge in [0.25, 0.3) is 0 Å². The molecular weight excluding hydrogens is 262 g/mol. The summed E-state index contributed by atoms with van der Waals surface area (Å²) in [6.45, 7) is 0. The Balaban J connectivity index is 1.41. The third-order valence-corrected chi connectivity index (χ3v) is 6.32. The van der Waals surface area contributed by atoms with Gasteiger partial charge in [-0.05, 0) is 73.1 Å². The van der Waals surface area contributed by atoms with Crippen LogP contribution < -0.4 is 5.32 Å². The summed E-state index contributed by atoms with van der Waals surface area (Å²) in [5.41, 5.74) is 2.87. The number of ketones is 1. The van der Waals surface area contributed by atoms with E-state index in [1.165, 1.54) is 19.3 Å². The van der Waals surface area contributed by atoms with Gasteiger partial charge in [0.1, 0.15) is 0 Å². The van der Waals surface area contributed by atoms with Gasteiger partial charge >= 0.3 is 0 Å². The Bertz CT molecular complexity index is 649. The molecule has 0 spiro atoms. The Labute approximate surface area is 124 Å². The van der Waals surface area contributed by atoms with Crippen molar-refractivity contribution in [3.05, 3.63) is 29.3 Å². The van der Waals surface area contributed by atoms with Gasteiger partial charge in [-0.2, -0.15) is 0 Å². The summed E-state index contributed by atoms with van der Waals surface area (Å²) >= 11 is 0. The van der Waals surface area contributed by atoms with Gasteiger partial charge in [-0.25, -0.2) is 0 Å². The first-order valence-corrected chi connectivity index (χ1v) is 8.19. The van der Waals surface area contributed by atoms with E-state index in [2.05, 4.69) is 5.32 Å². The van der Waals surface area contributed by atoms with Crippen molar-refractivity contribution in [1.29, 1.82) is 0 Å². The Morgan fingerprint density at radius 3 is 2.62 bits per heavy atom. The second-order valence-electron chi connectivity index (χ2n) is 7.30. The van der Waals surface area contributed by atoms with Gasteiger partial charge in [0.15, 0.2) is 5.78 Å². The van der Waals surface area contributed by atoms with Crippen LogP contribution in [0.2, 0.25) is 0 Å². The van der Waals surface area contributed by atoms with Crippen molar-refractivity contribution in [3.8, 4) is 0 Å². The molecule has 1 aliphatic heterocycles. The third kappa shape index (κ3) is 1.60. The molecule has 3 saturated carbocycles. The van der Waals surface area contributed by atoms with Crippen molar-refractivity contribution in [2.24, 2.45) is 29.6 Å². The van der Waals surface area contributed by atoms with E-state index >= 15 is 0 Å². The normalized spacial score (nSPS) is 38.7. The van der Waals surface area contributed by atoms with E-state index < -0.39 is 0 Å². The number of rotatable bonds is 2. The van der Waals surface area contributed by atoms with Gasteiger partial charge in [-0.3, -0.25) is 9.59 Å². The van der Waals surface area contributed by atoms with Gasteiger partial charge in [-0.1, -0.05) is 0 Å². The molecule has 0 aromatic heterocycles. The zero-order valence-corrected chi connectivity index (χ0v) is 12.0. The lowest BCUT2D eigenvalue weighted by Gasteiger charge is -2.17. The number of carbonyl (C=O) groups excluding carboxylic acids is 2. The molecule has 4 aliphatic rings. The summed E-state index contributed by atoms with van der Waals surface area (Å²) in [5, 5.41) is 2.88. The third-order valence-electron chi connectivity index (χ3n) is 6.32. The zero-order valence-electron chi connectivity index (χ0n) is 12.0. The predicted molar refractivity (Wildman–Crippen MR) is 79.0 cm³/mol. The van der Waals surface area contributed by atoms with E-state index in [1.807, 2.05) is 18.2 Å². The van der Waals surface area contributed by atoms with Crippen LogP contribution in [-0.4, -0.2) is 11.7 Å². The van der Waals surface area contributed by atoms with Gasteiger partial charge in [0.2, 0.25) is 5.91 Å². The lowest BCUT2D eigenvalue weighted by Crippen LogP contribution is -2.19. The molecular formula is C18H19NO2. The molecule has 3 nitrogen and oxygen atoms in total. The highest BCUT2D eigenvalue weighted by molar-refractivity contribution is 6.02. The molecule has 1 aromatic rings. The Kier molecular flexibility index (Phi) is 2.26. The number of anilines is 1. The maximum Gasteiger partial charge on any atom is 0.224 e. The van der Waals surface area contributed by atoms with Crippen molar-refractivity contribution in [3.63, 3.8) is 0 Å². The van der Waals surface area contributed by atoms with Crippen LogP contribution in [0.15, 0.2) is 18.2 Å². The molecule has 0 saturated heterocycles. The number of nitrogens with one attached hydrogen (secondary N) is 1. The van der Waals surface area contributed by atoms with Crippen molar-refractivity contribution < 1.29 is 9.59 Å². The topological polar surface area (TPSA) is 46.2 Å². The quantitative estimate of drug-likeness (QED) is 0.847. The highest BCUT2D eigenvalue weighted by atomic mass is 16.1. The van der Waals surface area contributed by atoms with E-state index in [-0.39, 0.29) is 5.91 Å². The minimum atomic E-state index is 0.0786. The Morgan fingerprint density at radius 1 is 1.10 bits per heavy atom. The van der Waals surface area contributed by atoms with Crippen LogP contribution >= 0.6 is 0 Å². The van der Waals surface area contributed by atoms with E-state index in [0.29, 0.717) is 30.0 Å². The minimum absolute atomic E-state index is 0.0786. The van der Waals surface area contributed by atoms with Gasteiger partial charge in [0.05, 0.1) is 0 Å². The van der Waals surface area contributed by atoms with Crippen molar-refractivity contribution in [2.75, 3.05) is 5.32 Å². The molecule has 2 bridgehead atoms. The lowest BCUT2D eigenvalue weighted by atomic mass is 9.93. The second kappa shape index (κ2) is 3.96. The Hall–Kier alpha value is -1.64. The van der Waals surface area contributed by atoms with Gasteiger partial charge in [-0.15, -0.1) is 0 Å². The highest BCUT2D eigenvalue weighted by Crippen LogP contribution is 2.69. The maximum absolute atomic E-state index is 12.8. The number of carbonyl (C=O) groups is 2. The largest absolute Gasteiger partial charge is 0.326 e. The molecule has 5 rings (SSSR count). The van der Waals surface area contributed by atoms with E-state index in [0.717, 1.165) is 35.1 Å². The van der Waals surface area contributed by atoms with Crippen LogP contribution in [0.3, 0.4) is 0 Å². The van der Waals surface area contributed by atoms with Crippen molar-refractivity contribution >= 4 is 17.4 Å². The molecule has 4 atom stereocenters. The number of fused-ring (bicyclic) bond motifs is 6. The molecule has 21 heavy (non-hydrogen) atoms. The van der Waals surface area contributed by atoms with Crippen LogP contribution in [0, 0.1) is 29.6 Å². The van der Waals surface area contributed by atoms with Crippen LogP contribution in [-0.2, 0) is 11.2 Å². The fourth-order valence-electron chi connectivity index (χ4n) is 5.40. The summed E-state index contributed by atoms with van der Waals surface area (Å²) < 4.78 is 0. The molecule has 1 N–H and O–H groups in total. The molecule has 1 amide bonds. The molecule has 3 heteroatoms. The van der Waals surface area contributed by atoms with E-state index in [4.69, 9.17) is 0 Å². The fourth-order valence-corrected chi connectivity index (χ4v) is 5.40. The first-order chi connectivity index (χ1) is 10.2. The SMILES string of the molecule is O=C1CCc2cc(C(=O)C3C4C5CCC(C5)C34)ccc2N1. The lowest BCUT2D eigenvalue weighted by molar-refractivity contribution is -0.116. The number of Topliss-reactive ketones (excluding diaryl/α,β-unsaturated/α-hetero) is 1. The monoisotopic (exact) mass is 281 g/mol. The van der Waals surface area contributed by atoms with Crippen LogP contribution in [0.25, 0.3) is 0 Å². The molecule has 108 valence electrons. The molecule has 1 heterocycles.